The van der Waals surface area contributed by atoms with Gasteiger partial charge in [0.1, 0.15) is 15.5 Å². The number of hydrazone groups is 1. The van der Waals surface area contributed by atoms with Crippen molar-refractivity contribution in [3.8, 4) is 0 Å². The monoisotopic (exact) mass is 739 g/mol. The Kier molecular flexibility index (Phi) is 10.8. The summed E-state index contributed by atoms with van der Waals surface area (Å²) in [7, 11) is -8.94. The minimum absolute atomic E-state index is 0.0233. The highest BCUT2D eigenvalue weighted by molar-refractivity contribution is 7.86. The van der Waals surface area contributed by atoms with Crippen molar-refractivity contribution in [2.75, 3.05) is 18.1 Å². The molecule has 16 heteroatoms. The Bertz CT molecular complexity index is 1980. The van der Waals surface area contributed by atoms with Crippen molar-refractivity contribution >= 4 is 83.1 Å². The molecule has 0 aliphatic carbocycles. The van der Waals surface area contributed by atoms with E-state index in [9.17, 15) is 21.6 Å². The van der Waals surface area contributed by atoms with Crippen LogP contribution in [-0.4, -0.2) is 50.6 Å². The van der Waals surface area contributed by atoms with Crippen LogP contribution in [0, 0.1) is 0 Å². The van der Waals surface area contributed by atoms with Crippen LogP contribution in [0.2, 0.25) is 15.1 Å². The van der Waals surface area contributed by atoms with Gasteiger partial charge in [0.25, 0.3) is 20.2 Å². The number of fused-ring (bicyclic) bond motifs is 1. The second kappa shape index (κ2) is 14.5. The zero-order valence-electron chi connectivity index (χ0n) is 24.6. The lowest BCUT2D eigenvalue weighted by Gasteiger charge is -2.25. The third kappa shape index (κ3) is 8.42. The number of nitrogens with one attached hydrogen (secondary N) is 2. The molecule has 2 aliphatic heterocycles. The number of rotatable bonds is 6. The van der Waals surface area contributed by atoms with Crippen LogP contribution in [0.15, 0.2) is 93.8 Å². The van der Waals surface area contributed by atoms with Crippen LogP contribution >= 0.6 is 34.8 Å². The van der Waals surface area contributed by atoms with Crippen LogP contribution < -0.4 is 15.4 Å². The molecule has 0 bridgehead atoms. The van der Waals surface area contributed by atoms with Crippen LogP contribution in [0.1, 0.15) is 37.3 Å². The zero-order valence-corrected chi connectivity index (χ0v) is 28.5. The van der Waals surface area contributed by atoms with Crippen LogP contribution in [0.5, 0.6) is 0 Å². The van der Waals surface area contributed by atoms with Crippen molar-refractivity contribution in [1.82, 2.24) is 5.43 Å². The molecule has 6 rings (SSSR count). The molecule has 4 aromatic carbocycles. The second-order valence-electron chi connectivity index (χ2n) is 10.9. The number of carbonyl (C=O) groups excluding carboxylic acids is 1. The van der Waals surface area contributed by atoms with Crippen molar-refractivity contribution in [1.29, 1.82) is 0 Å². The first kappa shape index (κ1) is 35.0. The molecule has 0 spiro atoms. The molecular formula is C31H30Cl3N4O7S2+. The molecule has 0 saturated carbocycles. The first-order valence-corrected chi connectivity index (χ1v) is 18.4. The summed E-state index contributed by atoms with van der Waals surface area (Å²) in [6, 6.07) is 20.2. The lowest BCUT2D eigenvalue weighted by atomic mass is 10.0. The van der Waals surface area contributed by atoms with Gasteiger partial charge in [-0.25, -0.2) is 5.01 Å². The molecule has 1 saturated heterocycles. The fourth-order valence-corrected chi connectivity index (χ4v) is 7.55. The second-order valence-corrected chi connectivity index (χ2v) is 15.0. The number of hydrogen-bond donors (Lipinski definition) is 4. The van der Waals surface area contributed by atoms with Gasteiger partial charge in [-0.3, -0.25) is 18.9 Å². The number of carbonyl (C=O) groups is 1. The van der Waals surface area contributed by atoms with Gasteiger partial charge >= 0.3 is 5.91 Å². The molecule has 0 radical (unpaired) electrons. The van der Waals surface area contributed by atoms with Crippen molar-refractivity contribution in [2.45, 2.75) is 41.5 Å². The molecule has 11 nitrogen and oxygen atoms in total. The van der Waals surface area contributed by atoms with E-state index in [1.54, 1.807) is 12.1 Å². The highest BCUT2D eigenvalue weighted by atomic mass is 35.5. The topological polar surface area (TPSA) is 158 Å². The molecule has 1 atom stereocenters. The highest BCUT2D eigenvalue weighted by Gasteiger charge is 2.34. The SMILES string of the molecule is O=C(N[NH+]1CCCCC1)C1=NN(c2ccc(Cl)cc2Cl)C(c2ccc(Cl)cc2)C1.O=S(=O)(O)c1cccc2c(S(=O)(=O)O)cccc12. The third-order valence-corrected chi connectivity index (χ3v) is 10.3. The highest BCUT2D eigenvalue weighted by Crippen LogP contribution is 2.40. The van der Waals surface area contributed by atoms with Crippen molar-refractivity contribution in [2.24, 2.45) is 5.10 Å². The lowest BCUT2D eigenvalue weighted by molar-refractivity contribution is -0.940. The van der Waals surface area contributed by atoms with Crippen molar-refractivity contribution in [3.05, 3.63) is 99.5 Å². The number of quaternary nitrogens is 1. The standard InChI is InChI=1S/C21H21Cl3N4O.C10H8O6S2/c22-15-6-4-14(5-7-15)20-13-18(21(29)26-27-10-2-1-3-11-27)25-28(20)19-9-8-16(23)12-17(19)24;11-17(12,13)9-5-1-3-7-8(9)4-2-6-10(7)18(14,15)16/h4-9,12,20H,1-3,10-11,13H2,(H,26,29);1-6H,(H,11,12,13)(H,14,15,16)/p+1. The Labute approximate surface area is 287 Å². The number of piperidine rings is 1. The Hall–Kier alpha value is -3.27. The fourth-order valence-electron chi connectivity index (χ4n) is 5.52. The number of anilines is 1. The largest absolute Gasteiger partial charge is 0.312 e. The van der Waals surface area contributed by atoms with E-state index in [1.807, 2.05) is 35.3 Å². The summed E-state index contributed by atoms with van der Waals surface area (Å²) in [5, 5.41) is 9.32. The minimum atomic E-state index is -4.47. The summed E-state index contributed by atoms with van der Waals surface area (Å²) in [5.74, 6) is -0.131. The molecule has 4 aromatic rings. The predicted molar refractivity (Wildman–Crippen MR) is 181 cm³/mol. The molecule has 47 heavy (non-hydrogen) atoms. The number of halogens is 3. The smallest absolute Gasteiger partial charge is 0.282 e. The quantitative estimate of drug-likeness (QED) is 0.192. The zero-order chi connectivity index (χ0) is 33.9. The molecule has 1 amide bonds. The average Bonchev–Trinajstić information content (AvgIpc) is 3.46. The van der Waals surface area contributed by atoms with Crippen LogP contribution in [-0.2, 0) is 25.0 Å². The maximum Gasteiger partial charge on any atom is 0.312 e. The summed E-state index contributed by atoms with van der Waals surface area (Å²) in [5.41, 5.74) is 5.30. The van der Waals surface area contributed by atoms with Gasteiger partial charge in [0.05, 0.1) is 29.8 Å². The summed E-state index contributed by atoms with van der Waals surface area (Å²) in [6.07, 6.45) is 3.96. The molecular weight excluding hydrogens is 711 g/mol. The van der Waals surface area contributed by atoms with E-state index in [1.165, 1.54) is 30.7 Å². The van der Waals surface area contributed by atoms with E-state index in [-0.39, 0.29) is 22.7 Å². The molecule has 2 heterocycles. The van der Waals surface area contributed by atoms with E-state index < -0.39 is 30.0 Å². The number of nitrogens with zero attached hydrogens (tertiary/aromatic N) is 2. The van der Waals surface area contributed by atoms with Crippen molar-refractivity contribution < 1.29 is 35.7 Å². The minimum Gasteiger partial charge on any atom is -0.282 e. The van der Waals surface area contributed by atoms with E-state index in [0.29, 0.717) is 32.9 Å². The van der Waals surface area contributed by atoms with Gasteiger partial charge in [-0.05, 0) is 67.3 Å². The third-order valence-electron chi connectivity index (χ3n) is 7.73. The van der Waals surface area contributed by atoms with Gasteiger partial charge < -0.3 is 0 Å². The van der Waals surface area contributed by atoms with Gasteiger partial charge in [0.2, 0.25) is 0 Å². The maximum absolute atomic E-state index is 12.9. The Morgan fingerprint density at radius 3 is 1.87 bits per heavy atom. The van der Waals surface area contributed by atoms with Crippen LogP contribution in [0.4, 0.5) is 5.69 Å². The first-order chi connectivity index (χ1) is 22.2. The number of benzene rings is 4. The molecule has 1 fully saturated rings. The molecule has 248 valence electrons. The van der Waals surface area contributed by atoms with Gasteiger partial charge in [-0.1, -0.05) is 71.2 Å². The Balaban J connectivity index is 0.000000207. The molecule has 1 unspecified atom stereocenters. The summed E-state index contributed by atoms with van der Waals surface area (Å²) >= 11 is 18.6. The molecule has 2 aliphatic rings. The Morgan fingerprint density at radius 1 is 0.787 bits per heavy atom. The fraction of sp³-hybridized carbons (Fsp3) is 0.226. The van der Waals surface area contributed by atoms with E-state index in [4.69, 9.17) is 43.9 Å². The van der Waals surface area contributed by atoms with E-state index >= 15 is 0 Å². The van der Waals surface area contributed by atoms with Gasteiger partial charge in [0.15, 0.2) is 0 Å². The molecule has 4 N–H and O–H groups in total. The normalized spacial score (nSPS) is 17.2. The van der Waals surface area contributed by atoms with Gasteiger partial charge in [-0.2, -0.15) is 27.4 Å². The maximum atomic E-state index is 12.9. The predicted octanol–water partition coefficient (Wildman–Crippen LogP) is 5.39. The van der Waals surface area contributed by atoms with E-state index in [0.717, 1.165) is 48.6 Å². The van der Waals surface area contributed by atoms with Gasteiger partial charge in [0, 0.05) is 27.2 Å². The number of amides is 1. The Morgan fingerprint density at radius 2 is 1.34 bits per heavy atom. The molecule has 0 aromatic heterocycles. The summed E-state index contributed by atoms with van der Waals surface area (Å²) in [6.45, 7) is 1.90. The van der Waals surface area contributed by atoms with Crippen LogP contribution in [0.25, 0.3) is 10.8 Å². The first-order valence-electron chi connectivity index (χ1n) is 14.4. The average molecular weight is 741 g/mol. The summed E-state index contributed by atoms with van der Waals surface area (Å²) < 4.78 is 62.7. The van der Waals surface area contributed by atoms with Crippen molar-refractivity contribution in [3.63, 3.8) is 0 Å². The van der Waals surface area contributed by atoms with E-state index in [2.05, 4.69) is 10.5 Å². The number of hydrogen-bond acceptors (Lipinski definition) is 7. The van der Waals surface area contributed by atoms with Gasteiger partial charge in [-0.15, -0.1) is 0 Å². The van der Waals surface area contributed by atoms with Crippen LogP contribution in [0.3, 0.4) is 0 Å². The lowest BCUT2D eigenvalue weighted by Crippen LogP contribution is -3.20. The summed E-state index contributed by atoms with van der Waals surface area (Å²) in [4.78, 5) is 12.1.